The van der Waals surface area contributed by atoms with E-state index in [0.29, 0.717) is 28.3 Å². The van der Waals surface area contributed by atoms with Gasteiger partial charge in [-0.05, 0) is 38.1 Å². The standard InChI is InChI=1S/C16H18N4O3/c1-9-14(10(2)20(4)19-9)15(22)16(23)18-13-7-5-12(6-8-13)17-11(3)21/h5-8H,1-4H3,(H,17,21)(H,18,23). The lowest BCUT2D eigenvalue weighted by Crippen LogP contribution is -2.24. The molecular formula is C16H18N4O3. The minimum Gasteiger partial charge on any atom is -0.326 e. The number of nitrogens with zero attached hydrogens (tertiary/aromatic N) is 2. The molecule has 0 spiro atoms. The number of anilines is 2. The molecular weight excluding hydrogens is 296 g/mol. The van der Waals surface area contributed by atoms with Crippen LogP contribution in [0.15, 0.2) is 24.3 Å². The van der Waals surface area contributed by atoms with Crippen LogP contribution in [0.2, 0.25) is 0 Å². The molecule has 2 rings (SSSR count). The second kappa shape index (κ2) is 6.43. The molecule has 2 N–H and O–H groups in total. The van der Waals surface area contributed by atoms with E-state index in [-0.39, 0.29) is 5.91 Å². The fourth-order valence-electron chi connectivity index (χ4n) is 2.24. The van der Waals surface area contributed by atoms with Crippen molar-refractivity contribution in [1.29, 1.82) is 0 Å². The van der Waals surface area contributed by atoms with Crippen molar-refractivity contribution < 1.29 is 14.4 Å². The van der Waals surface area contributed by atoms with Gasteiger partial charge < -0.3 is 10.6 Å². The largest absolute Gasteiger partial charge is 0.326 e. The molecule has 23 heavy (non-hydrogen) atoms. The third kappa shape index (κ3) is 3.63. The number of aromatic nitrogens is 2. The Kier molecular flexibility index (Phi) is 4.59. The summed E-state index contributed by atoms with van der Waals surface area (Å²) in [5, 5.41) is 9.30. The smallest absolute Gasteiger partial charge is 0.296 e. The van der Waals surface area contributed by atoms with Crippen LogP contribution in [0.3, 0.4) is 0 Å². The van der Waals surface area contributed by atoms with Gasteiger partial charge in [0.25, 0.3) is 11.7 Å². The number of ketones is 1. The van der Waals surface area contributed by atoms with E-state index in [1.54, 1.807) is 49.8 Å². The molecule has 0 aliphatic heterocycles. The Morgan fingerprint density at radius 3 is 1.96 bits per heavy atom. The molecule has 0 aliphatic rings. The lowest BCUT2D eigenvalue weighted by molar-refractivity contribution is -0.114. The summed E-state index contributed by atoms with van der Waals surface area (Å²) in [5.41, 5.74) is 2.56. The van der Waals surface area contributed by atoms with Crippen molar-refractivity contribution in [2.24, 2.45) is 7.05 Å². The van der Waals surface area contributed by atoms with Crippen molar-refractivity contribution in [2.45, 2.75) is 20.8 Å². The van der Waals surface area contributed by atoms with Crippen molar-refractivity contribution in [3.63, 3.8) is 0 Å². The molecule has 0 aliphatic carbocycles. The minimum atomic E-state index is -0.725. The number of amides is 2. The number of carbonyl (C=O) groups is 3. The summed E-state index contributed by atoms with van der Waals surface area (Å²) in [6.07, 6.45) is 0. The third-order valence-corrected chi connectivity index (χ3v) is 3.41. The number of nitrogens with one attached hydrogen (secondary N) is 2. The summed E-state index contributed by atoms with van der Waals surface area (Å²) < 4.78 is 1.57. The van der Waals surface area contributed by atoms with E-state index in [2.05, 4.69) is 15.7 Å². The molecule has 0 fully saturated rings. The first-order valence-corrected chi connectivity index (χ1v) is 7.03. The Morgan fingerprint density at radius 2 is 1.52 bits per heavy atom. The Balaban J connectivity index is 2.12. The van der Waals surface area contributed by atoms with Crippen LogP contribution in [0.5, 0.6) is 0 Å². The molecule has 0 unspecified atom stereocenters. The van der Waals surface area contributed by atoms with Gasteiger partial charge in [0, 0.05) is 31.0 Å². The van der Waals surface area contributed by atoms with Gasteiger partial charge in [-0.2, -0.15) is 5.10 Å². The first-order chi connectivity index (χ1) is 10.8. The highest BCUT2D eigenvalue weighted by molar-refractivity contribution is 6.47. The first-order valence-electron chi connectivity index (χ1n) is 7.03. The molecule has 2 aromatic rings. The summed E-state index contributed by atoms with van der Waals surface area (Å²) in [7, 11) is 1.72. The number of hydrogen-bond acceptors (Lipinski definition) is 4. The maximum Gasteiger partial charge on any atom is 0.296 e. The van der Waals surface area contributed by atoms with Gasteiger partial charge in [-0.1, -0.05) is 0 Å². The number of Topliss-reactive ketones (excluding diaryl/α,β-unsaturated/α-hetero) is 1. The summed E-state index contributed by atoms with van der Waals surface area (Å²) >= 11 is 0. The number of carbonyl (C=O) groups excluding carboxylic acids is 3. The van der Waals surface area contributed by atoms with E-state index in [4.69, 9.17) is 0 Å². The van der Waals surface area contributed by atoms with E-state index in [9.17, 15) is 14.4 Å². The van der Waals surface area contributed by atoms with E-state index < -0.39 is 11.7 Å². The Morgan fingerprint density at radius 1 is 1.00 bits per heavy atom. The highest BCUT2D eigenvalue weighted by Gasteiger charge is 2.23. The van der Waals surface area contributed by atoms with Crippen molar-refractivity contribution in [3.8, 4) is 0 Å². The molecule has 7 nitrogen and oxygen atoms in total. The maximum absolute atomic E-state index is 12.3. The van der Waals surface area contributed by atoms with Crippen molar-refractivity contribution >= 4 is 29.0 Å². The Hall–Kier alpha value is -2.96. The summed E-state index contributed by atoms with van der Waals surface area (Å²) in [6.45, 7) is 4.84. The molecule has 1 aromatic heterocycles. The summed E-state index contributed by atoms with van der Waals surface area (Å²) in [5.74, 6) is -1.53. The highest BCUT2D eigenvalue weighted by Crippen LogP contribution is 2.16. The molecule has 1 aromatic carbocycles. The Labute approximate surface area is 133 Å². The zero-order valence-corrected chi connectivity index (χ0v) is 13.4. The van der Waals surface area contributed by atoms with Gasteiger partial charge in [-0.25, -0.2) is 0 Å². The van der Waals surface area contributed by atoms with Crippen molar-refractivity contribution in [3.05, 3.63) is 41.2 Å². The van der Waals surface area contributed by atoms with E-state index >= 15 is 0 Å². The normalized spacial score (nSPS) is 10.3. The number of hydrogen-bond donors (Lipinski definition) is 2. The molecule has 0 atom stereocenters. The maximum atomic E-state index is 12.3. The van der Waals surface area contributed by atoms with Gasteiger partial charge in [-0.3, -0.25) is 19.1 Å². The van der Waals surface area contributed by atoms with Gasteiger partial charge >= 0.3 is 0 Å². The van der Waals surface area contributed by atoms with Crippen molar-refractivity contribution in [2.75, 3.05) is 10.6 Å². The van der Waals surface area contributed by atoms with Crippen LogP contribution in [-0.2, 0) is 16.6 Å². The minimum absolute atomic E-state index is 0.181. The van der Waals surface area contributed by atoms with Gasteiger partial charge in [0.15, 0.2) is 0 Å². The molecule has 2 amide bonds. The van der Waals surface area contributed by atoms with Crippen LogP contribution in [0.4, 0.5) is 11.4 Å². The number of aryl methyl sites for hydroxylation is 2. The van der Waals surface area contributed by atoms with Gasteiger partial charge in [0.1, 0.15) is 0 Å². The topological polar surface area (TPSA) is 93.1 Å². The van der Waals surface area contributed by atoms with Crippen LogP contribution in [0.25, 0.3) is 0 Å². The molecule has 0 bridgehead atoms. The zero-order valence-electron chi connectivity index (χ0n) is 13.4. The van der Waals surface area contributed by atoms with Crippen molar-refractivity contribution in [1.82, 2.24) is 9.78 Å². The lowest BCUT2D eigenvalue weighted by Gasteiger charge is -2.06. The average molecular weight is 314 g/mol. The molecule has 7 heteroatoms. The zero-order chi connectivity index (χ0) is 17.1. The highest BCUT2D eigenvalue weighted by atomic mass is 16.2. The van der Waals surface area contributed by atoms with E-state index in [1.165, 1.54) is 6.92 Å². The van der Waals surface area contributed by atoms with Crippen LogP contribution >= 0.6 is 0 Å². The molecule has 1 heterocycles. The number of rotatable bonds is 4. The predicted molar refractivity (Wildman–Crippen MR) is 86.4 cm³/mol. The predicted octanol–water partition coefficient (Wildman–Crippen LogP) is 1.82. The monoisotopic (exact) mass is 314 g/mol. The van der Waals surface area contributed by atoms with Crippen LogP contribution in [0, 0.1) is 13.8 Å². The summed E-state index contributed by atoms with van der Waals surface area (Å²) in [4.78, 5) is 35.4. The van der Waals surface area contributed by atoms with Gasteiger partial charge in [-0.15, -0.1) is 0 Å². The van der Waals surface area contributed by atoms with Crippen LogP contribution < -0.4 is 10.6 Å². The SMILES string of the molecule is CC(=O)Nc1ccc(NC(=O)C(=O)c2c(C)nn(C)c2C)cc1. The molecule has 0 saturated heterocycles. The van der Waals surface area contributed by atoms with Crippen LogP contribution in [0.1, 0.15) is 28.7 Å². The van der Waals surface area contributed by atoms with E-state index in [0.717, 1.165) is 0 Å². The average Bonchev–Trinajstić information content (AvgIpc) is 2.73. The second-order valence-electron chi connectivity index (χ2n) is 5.21. The molecule has 0 radical (unpaired) electrons. The third-order valence-electron chi connectivity index (χ3n) is 3.41. The van der Waals surface area contributed by atoms with E-state index in [1.807, 2.05) is 0 Å². The fraction of sp³-hybridized carbons (Fsp3) is 0.250. The fourth-order valence-corrected chi connectivity index (χ4v) is 2.24. The Bertz CT molecular complexity index is 775. The molecule has 0 saturated carbocycles. The first kappa shape index (κ1) is 16.4. The summed E-state index contributed by atoms with van der Waals surface area (Å²) in [6, 6.07) is 6.50. The van der Waals surface area contributed by atoms with Gasteiger partial charge in [0.05, 0.1) is 11.3 Å². The molecule has 120 valence electrons. The van der Waals surface area contributed by atoms with Gasteiger partial charge in [0.2, 0.25) is 5.91 Å². The lowest BCUT2D eigenvalue weighted by atomic mass is 10.1. The quantitative estimate of drug-likeness (QED) is 0.665. The second-order valence-corrected chi connectivity index (χ2v) is 5.21. The number of benzene rings is 1. The van der Waals surface area contributed by atoms with Crippen LogP contribution in [-0.4, -0.2) is 27.4 Å².